The molecule has 0 spiro atoms. The lowest BCUT2D eigenvalue weighted by atomic mass is 10.1. The minimum absolute atomic E-state index is 0.817. The van der Waals surface area contributed by atoms with Gasteiger partial charge in [0.25, 0.3) is 0 Å². The van der Waals surface area contributed by atoms with E-state index in [1.54, 1.807) is 0 Å². The molecule has 0 amide bonds. The van der Waals surface area contributed by atoms with Gasteiger partial charge in [-0.15, -0.1) is 0 Å². The molecule has 0 fully saturated rings. The van der Waals surface area contributed by atoms with E-state index in [0.717, 1.165) is 12.7 Å². The molecule has 0 bridgehead atoms. The van der Waals surface area contributed by atoms with Crippen LogP contribution < -0.4 is 0 Å². The largest absolute Gasteiger partial charge is 0.299 e. The molecule has 75 valence electrons. The zero-order chi connectivity index (χ0) is 9.78. The summed E-state index contributed by atoms with van der Waals surface area (Å²) >= 11 is 0. The van der Waals surface area contributed by atoms with E-state index >= 15 is 0 Å². The summed E-state index contributed by atoms with van der Waals surface area (Å²) in [7, 11) is 0. The van der Waals surface area contributed by atoms with Crippen LogP contribution >= 0.6 is 0 Å². The average Bonchev–Trinajstić information content (AvgIpc) is 2.16. The van der Waals surface area contributed by atoms with Gasteiger partial charge in [-0.3, -0.25) is 5.11 Å². The molecule has 0 heterocycles. The van der Waals surface area contributed by atoms with Gasteiger partial charge in [-0.2, -0.15) is 0 Å². The summed E-state index contributed by atoms with van der Waals surface area (Å²) in [5.74, 6) is 0. The third-order valence-electron chi connectivity index (χ3n) is 2.05. The predicted octanol–water partition coefficient (Wildman–Crippen LogP) is 4.24. The summed E-state index contributed by atoms with van der Waals surface area (Å²) in [5, 5.41) is 9.91. The highest BCUT2D eigenvalue weighted by Crippen LogP contribution is 2.06. The molecule has 0 atom stereocenters. The Bertz CT molecular complexity index is 136. The lowest BCUT2D eigenvalue weighted by Gasteiger charge is -1.96. The van der Waals surface area contributed by atoms with Crippen LogP contribution in [0.2, 0.25) is 0 Å². The third kappa shape index (κ3) is 11.3. The SMILES string of the molecule is CCCCCCCCC=CC=C[O]. The van der Waals surface area contributed by atoms with E-state index in [1.807, 2.05) is 6.08 Å². The second kappa shape index (κ2) is 11.3. The van der Waals surface area contributed by atoms with Gasteiger partial charge in [0.2, 0.25) is 0 Å². The highest BCUT2D eigenvalue weighted by atomic mass is 16.2. The van der Waals surface area contributed by atoms with Crippen molar-refractivity contribution in [3.05, 3.63) is 24.5 Å². The molecular weight excluding hydrogens is 160 g/mol. The summed E-state index contributed by atoms with van der Waals surface area (Å²) in [4.78, 5) is 0. The topological polar surface area (TPSA) is 19.9 Å². The van der Waals surface area contributed by atoms with Gasteiger partial charge in [0, 0.05) is 0 Å². The van der Waals surface area contributed by atoms with Crippen LogP contribution in [0, 0.1) is 0 Å². The molecule has 0 rings (SSSR count). The average molecular weight is 181 g/mol. The normalized spacial score (nSPS) is 11.8. The quantitative estimate of drug-likeness (QED) is 0.303. The van der Waals surface area contributed by atoms with Gasteiger partial charge in [-0.25, -0.2) is 0 Å². The van der Waals surface area contributed by atoms with Crippen molar-refractivity contribution < 1.29 is 5.11 Å². The summed E-state index contributed by atoms with van der Waals surface area (Å²) in [6, 6.07) is 0. The molecule has 0 aliphatic carbocycles. The standard InChI is InChI=1S/C12H21O/c1-2-3-4-5-6-7-8-9-10-11-12-13/h9-12H,2-8H2,1H3. The maximum absolute atomic E-state index is 9.91. The Kier molecular flexibility index (Phi) is 10.7. The highest BCUT2D eigenvalue weighted by molar-refractivity contribution is 4.98. The maximum Gasteiger partial charge on any atom is 0.142 e. The smallest absolute Gasteiger partial charge is 0.142 e. The van der Waals surface area contributed by atoms with Crippen LogP contribution in [0.1, 0.15) is 51.9 Å². The number of rotatable bonds is 8. The zero-order valence-electron chi connectivity index (χ0n) is 8.67. The van der Waals surface area contributed by atoms with E-state index in [9.17, 15) is 5.11 Å². The van der Waals surface area contributed by atoms with Gasteiger partial charge in [0.15, 0.2) is 0 Å². The van der Waals surface area contributed by atoms with Gasteiger partial charge in [-0.05, 0) is 18.9 Å². The lowest BCUT2D eigenvalue weighted by molar-refractivity contribution is 0.352. The van der Waals surface area contributed by atoms with Crippen molar-refractivity contribution in [2.75, 3.05) is 0 Å². The van der Waals surface area contributed by atoms with E-state index in [-0.39, 0.29) is 0 Å². The van der Waals surface area contributed by atoms with Crippen molar-refractivity contribution in [1.29, 1.82) is 0 Å². The van der Waals surface area contributed by atoms with Crippen LogP contribution in [0.4, 0.5) is 0 Å². The van der Waals surface area contributed by atoms with Crippen molar-refractivity contribution in [2.24, 2.45) is 0 Å². The van der Waals surface area contributed by atoms with Crippen molar-refractivity contribution >= 4 is 0 Å². The van der Waals surface area contributed by atoms with Gasteiger partial charge < -0.3 is 0 Å². The van der Waals surface area contributed by atoms with Crippen molar-refractivity contribution in [3.63, 3.8) is 0 Å². The molecule has 0 saturated heterocycles. The number of hydrogen-bond donors (Lipinski definition) is 0. The van der Waals surface area contributed by atoms with E-state index in [2.05, 4.69) is 13.0 Å². The van der Waals surface area contributed by atoms with Crippen molar-refractivity contribution in [2.45, 2.75) is 51.9 Å². The van der Waals surface area contributed by atoms with Crippen molar-refractivity contribution in [1.82, 2.24) is 0 Å². The van der Waals surface area contributed by atoms with E-state index in [0.29, 0.717) is 0 Å². The van der Waals surface area contributed by atoms with Crippen LogP contribution in [0.25, 0.3) is 0 Å². The van der Waals surface area contributed by atoms with E-state index in [1.165, 1.54) is 44.6 Å². The van der Waals surface area contributed by atoms with Gasteiger partial charge in [0.05, 0.1) is 0 Å². The van der Waals surface area contributed by atoms with Crippen LogP contribution in [-0.2, 0) is 5.11 Å². The summed E-state index contributed by atoms with van der Waals surface area (Å²) in [6.07, 6.45) is 15.4. The fraction of sp³-hybridized carbons (Fsp3) is 0.667. The Hall–Kier alpha value is -0.720. The predicted molar refractivity (Wildman–Crippen MR) is 57.0 cm³/mol. The van der Waals surface area contributed by atoms with Crippen molar-refractivity contribution in [3.8, 4) is 0 Å². The summed E-state index contributed by atoms with van der Waals surface area (Å²) in [6.45, 7) is 2.23. The van der Waals surface area contributed by atoms with Gasteiger partial charge in [0.1, 0.15) is 6.26 Å². The molecule has 0 aromatic heterocycles. The van der Waals surface area contributed by atoms with Crippen LogP contribution in [0.5, 0.6) is 0 Å². The minimum Gasteiger partial charge on any atom is -0.299 e. The summed E-state index contributed by atoms with van der Waals surface area (Å²) in [5.41, 5.74) is 0. The highest BCUT2D eigenvalue weighted by Gasteiger charge is 1.87. The molecular formula is C12H21O. The van der Waals surface area contributed by atoms with E-state index < -0.39 is 0 Å². The number of unbranched alkanes of at least 4 members (excludes halogenated alkanes) is 6. The van der Waals surface area contributed by atoms with Gasteiger partial charge >= 0.3 is 0 Å². The molecule has 1 radical (unpaired) electrons. The molecule has 0 saturated carbocycles. The Morgan fingerprint density at radius 1 is 0.923 bits per heavy atom. The fourth-order valence-corrected chi connectivity index (χ4v) is 1.26. The maximum atomic E-state index is 9.91. The first-order chi connectivity index (χ1) is 6.41. The minimum atomic E-state index is 0.817. The molecule has 13 heavy (non-hydrogen) atoms. The number of allylic oxidation sites excluding steroid dienone is 3. The molecule has 0 aliphatic rings. The molecule has 1 heteroatoms. The number of hydrogen-bond acceptors (Lipinski definition) is 0. The Morgan fingerprint density at radius 2 is 1.62 bits per heavy atom. The Morgan fingerprint density at radius 3 is 2.31 bits per heavy atom. The first kappa shape index (κ1) is 12.3. The van der Waals surface area contributed by atoms with Crippen LogP contribution in [-0.4, -0.2) is 0 Å². The fourth-order valence-electron chi connectivity index (χ4n) is 1.26. The molecule has 0 aromatic rings. The second-order valence-corrected chi connectivity index (χ2v) is 3.31. The lowest BCUT2D eigenvalue weighted by Crippen LogP contribution is -1.77. The van der Waals surface area contributed by atoms with E-state index in [4.69, 9.17) is 0 Å². The van der Waals surface area contributed by atoms with Crippen LogP contribution in [0.15, 0.2) is 24.5 Å². The molecule has 0 N–H and O–H groups in total. The Balaban J connectivity index is 2.99. The van der Waals surface area contributed by atoms with Crippen LogP contribution in [0.3, 0.4) is 0 Å². The first-order valence-corrected chi connectivity index (χ1v) is 5.35. The summed E-state index contributed by atoms with van der Waals surface area (Å²) < 4.78 is 0. The second-order valence-electron chi connectivity index (χ2n) is 3.31. The Labute approximate surface area is 82.2 Å². The third-order valence-corrected chi connectivity index (χ3v) is 2.05. The molecule has 0 aliphatic heterocycles. The monoisotopic (exact) mass is 181 g/mol. The molecule has 1 nitrogen and oxygen atoms in total. The zero-order valence-corrected chi connectivity index (χ0v) is 8.67. The van der Waals surface area contributed by atoms with Gasteiger partial charge in [-0.1, -0.05) is 51.2 Å². The molecule has 0 aromatic carbocycles. The first-order valence-electron chi connectivity index (χ1n) is 5.35. The molecule has 0 unspecified atom stereocenters.